The van der Waals surface area contributed by atoms with Crippen molar-refractivity contribution >= 4 is 17.3 Å². The third-order valence-electron chi connectivity index (χ3n) is 8.86. The van der Waals surface area contributed by atoms with Crippen LogP contribution in [-0.4, -0.2) is 28.6 Å². The van der Waals surface area contributed by atoms with Crippen LogP contribution in [0.25, 0.3) is 0 Å². The number of rotatable bonds is 1. The standard InChI is InChI=1S/C21H30O4/c1-11(22)13-7-8-14-19-15(10-18(25)21(13,14)3)20(2)12(9-16(19)23)5-4-6-17(20)24/h12-15,18-19,25H,4-10H2,1-3H3/t12-,13?,14?,15?,18?,19?,20?,21?/m1/s1. The van der Waals surface area contributed by atoms with Crippen molar-refractivity contribution in [2.24, 2.45) is 40.4 Å². The fraction of sp³-hybridized carbons (Fsp3) is 0.857. The molecule has 0 heterocycles. The fourth-order valence-corrected chi connectivity index (χ4v) is 7.41. The van der Waals surface area contributed by atoms with E-state index in [0.717, 1.165) is 25.7 Å². The molecular formula is C21H30O4. The minimum atomic E-state index is -0.603. The first-order valence-electron chi connectivity index (χ1n) is 9.96. The molecule has 4 heteroatoms. The Morgan fingerprint density at radius 1 is 1.12 bits per heavy atom. The highest BCUT2D eigenvalue weighted by molar-refractivity contribution is 5.92. The van der Waals surface area contributed by atoms with E-state index in [1.165, 1.54) is 0 Å². The predicted octanol–water partition coefficient (Wildman–Crippen LogP) is 2.95. The molecule has 0 amide bonds. The summed E-state index contributed by atoms with van der Waals surface area (Å²) in [5.41, 5.74) is -0.975. The smallest absolute Gasteiger partial charge is 0.139 e. The van der Waals surface area contributed by atoms with E-state index >= 15 is 0 Å². The summed E-state index contributed by atoms with van der Waals surface area (Å²) >= 11 is 0. The van der Waals surface area contributed by atoms with Gasteiger partial charge >= 0.3 is 0 Å². The first-order valence-corrected chi connectivity index (χ1v) is 9.96. The Labute approximate surface area is 149 Å². The Bertz CT molecular complexity index is 640. The van der Waals surface area contributed by atoms with Crippen LogP contribution in [0.15, 0.2) is 0 Å². The lowest BCUT2D eigenvalue weighted by Gasteiger charge is -2.59. The number of hydrogen-bond acceptors (Lipinski definition) is 4. The van der Waals surface area contributed by atoms with Gasteiger partial charge in [0.1, 0.15) is 17.3 Å². The van der Waals surface area contributed by atoms with Gasteiger partial charge in [0.25, 0.3) is 0 Å². The number of aliphatic hydroxyl groups excluding tert-OH is 1. The van der Waals surface area contributed by atoms with Gasteiger partial charge in [-0.15, -0.1) is 0 Å². The van der Waals surface area contributed by atoms with Crippen molar-refractivity contribution in [1.82, 2.24) is 0 Å². The summed E-state index contributed by atoms with van der Waals surface area (Å²) in [6, 6.07) is 0. The molecule has 0 saturated heterocycles. The molecule has 0 aromatic rings. The van der Waals surface area contributed by atoms with Crippen LogP contribution in [0.1, 0.15) is 65.7 Å². The highest BCUT2D eigenvalue weighted by Gasteiger charge is 2.67. The van der Waals surface area contributed by atoms with Crippen LogP contribution in [0.4, 0.5) is 0 Å². The summed E-state index contributed by atoms with van der Waals surface area (Å²) in [6.07, 6.45) is 4.43. The number of fused-ring (bicyclic) bond motifs is 5. The molecule has 0 aliphatic heterocycles. The highest BCUT2D eigenvalue weighted by Crippen LogP contribution is 2.66. The Balaban J connectivity index is 1.78. The Hall–Kier alpha value is -1.03. The Morgan fingerprint density at radius 3 is 2.52 bits per heavy atom. The van der Waals surface area contributed by atoms with E-state index in [9.17, 15) is 19.5 Å². The van der Waals surface area contributed by atoms with Gasteiger partial charge in [0.2, 0.25) is 0 Å². The second kappa shape index (κ2) is 5.48. The van der Waals surface area contributed by atoms with Crippen molar-refractivity contribution in [1.29, 1.82) is 0 Å². The number of carbonyl (C=O) groups excluding carboxylic acids is 3. The normalized spacial score (nSPS) is 52.3. The molecule has 0 aromatic carbocycles. The molecule has 138 valence electrons. The van der Waals surface area contributed by atoms with E-state index in [4.69, 9.17) is 0 Å². The van der Waals surface area contributed by atoms with Crippen molar-refractivity contribution in [3.05, 3.63) is 0 Å². The molecule has 0 radical (unpaired) electrons. The molecule has 4 fully saturated rings. The maximum Gasteiger partial charge on any atom is 0.139 e. The van der Waals surface area contributed by atoms with Crippen LogP contribution in [-0.2, 0) is 14.4 Å². The van der Waals surface area contributed by atoms with Gasteiger partial charge in [0.05, 0.1) is 6.10 Å². The number of carbonyl (C=O) groups is 3. The van der Waals surface area contributed by atoms with Crippen molar-refractivity contribution in [3.63, 3.8) is 0 Å². The lowest BCUT2D eigenvalue weighted by molar-refractivity contribution is -0.180. The number of ketones is 3. The molecule has 1 N–H and O–H groups in total. The molecule has 4 rings (SSSR count). The van der Waals surface area contributed by atoms with Crippen LogP contribution >= 0.6 is 0 Å². The highest BCUT2D eigenvalue weighted by atomic mass is 16.3. The van der Waals surface area contributed by atoms with Crippen molar-refractivity contribution < 1.29 is 19.5 Å². The molecule has 7 unspecified atom stereocenters. The van der Waals surface area contributed by atoms with E-state index in [1.807, 2.05) is 6.92 Å². The number of hydrogen-bond donors (Lipinski definition) is 1. The molecule has 0 aromatic heterocycles. The summed E-state index contributed by atoms with van der Waals surface area (Å²) < 4.78 is 0. The van der Waals surface area contributed by atoms with Crippen molar-refractivity contribution in [2.45, 2.75) is 71.8 Å². The van der Waals surface area contributed by atoms with Gasteiger partial charge in [-0.1, -0.05) is 13.8 Å². The van der Waals surface area contributed by atoms with E-state index in [-0.39, 0.29) is 41.2 Å². The lowest BCUT2D eigenvalue weighted by atomic mass is 9.43. The Morgan fingerprint density at radius 2 is 1.84 bits per heavy atom. The number of aliphatic hydroxyl groups is 1. The van der Waals surface area contributed by atoms with Gasteiger partial charge in [0.15, 0.2) is 0 Å². The average molecular weight is 346 g/mol. The molecule has 4 aliphatic carbocycles. The molecule has 4 aliphatic rings. The molecule has 4 nitrogen and oxygen atoms in total. The van der Waals surface area contributed by atoms with Gasteiger partial charge in [-0.05, 0) is 56.8 Å². The van der Waals surface area contributed by atoms with Gasteiger partial charge in [-0.2, -0.15) is 0 Å². The third kappa shape index (κ3) is 2.06. The second-order valence-corrected chi connectivity index (χ2v) is 9.56. The molecule has 8 atom stereocenters. The van der Waals surface area contributed by atoms with E-state index in [1.54, 1.807) is 6.92 Å². The minimum Gasteiger partial charge on any atom is -0.393 e. The summed E-state index contributed by atoms with van der Waals surface area (Å²) in [4.78, 5) is 38.2. The average Bonchev–Trinajstić information content (AvgIpc) is 2.90. The quantitative estimate of drug-likeness (QED) is 0.792. The van der Waals surface area contributed by atoms with Gasteiger partial charge in [-0.3, -0.25) is 14.4 Å². The Kier molecular flexibility index (Phi) is 3.81. The van der Waals surface area contributed by atoms with Crippen molar-refractivity contribution in [2.75, 3.05) is 0 Å². The molecule has 0 bridgehead atoms. The first kappa shape index (κ1) is 17.4. The zero-order valence-electron chi connectivity index (χ0n) is 15.6. The topological polar surface area (TPSA) is 71.4 Å². The zero-order valence-corrected chi connectivity index (χ0v) is 15.6. The molecule has 4 saturated carbocycles. The minimum absolute atomic E-state index is 0.0372. The van der Waals surface area contributed by atoms with Crippen LogP contribution in [0.3, 0.4) is 0 Å². The second-order valence-electron chi connectivity index (χ2n) is 9.56. The molecule has 0 spiro atoms. The van der Waals surface area contributed by atoms with Gasteiger partial charge in [-0.25, -0.2) is 0 Å². The maximum absolute atomic E-state index is 13.1. The lowest BCUT2D eigenvalue weighted by Crippen LogP contribution is -2.62. The maximum atomic E-state index is 13.1. The largest absolute Gasteiger partial charge is 0.393 e. The molecule has 25 heavy (non-hydrogen) atoms. The van der Waals surface area contributed by atoms with E-state index in [2.05, 4.69) is 6.92 Å². The monoisotopic (exact) mass is 346 g/mol. The van der Waals surface area contributed by atoms with Crippen LogP contribution in [0.5, 0.6) is 0 Å². The van der Waals surface area contributed by atoms with Crippen molar-refractivity contribution in [3.8, 4) is 0 Å². The van der Waals surface area contributed by atoms with Gasteiger partial charge < -0.3 is 5.11 Å². The SMILES string of the molecule is CC(=O)C1CCC2C3C(=O)C[C@H]4CCCC(=O)C4(C)C3CC(O)C12C. The third-order valence-corrected chi connectivity index (χ3v) is 8.86. The predicted molar refractivity (Wildman–Crippen MR) is 92.7 cm³/mol. The van der Waals surface area contributed by atoms with Crippen LogP contribution in [0, 0.1) is 40.4 Å². The summed E-state index contributed by atoms with van der Waals surface area (Å²) in [5.74, 6) is 0.528. The fourth-order valence-electron chi connectivity index (χ4n) is 7.41. The van der Waals surface area contributed by atoms with E-state index in [0.29, 0.717) is 25.0 Å². The molecular weight excluding hydrogens is 316 g/mol. The van der Waals surface area contributed by atoms with Crippen LogP contribution in [0.2, 0.25) is 0 Å². The summed E-state index contributed by atoms with van der Waals surface area (Å²) in [6.45, 7) is 5.69. The first-order chi connectivity index (χ1) is 11.7. The van der Waals surface area contributed by atoms with Crippen LogP contribution < -0.4 is 0 Å². The number of Topliss-reactive ketones (excluding diaryl/α,β-unsaturated/α-hetero) is 3. The summed E-state index contributed by atoms with van der Waals surface area (Å²) in [7, 11) is 0. The summed E-state index contributed by atoms with van der Waals surface area (Å²) in [5, 5.41) is 11.1. The van der Waals surface area contributed by atoms with E-state index < -0.39 is 16.9 Å². The van der Waals surface area contributed by atoms with Gasteiger partial charge in [0, 0.05) is 35.5 Å². The zero-order chi connectivity index (χ0) is 18.1.